The molecule has 3 aromatic rings. The maximum atomic E-state index is 11.9. The molecule has 3 aromatic carbocycles. The normalized spacial score (nSPS) is 13.8. The van der Waals surface area contributed by atoms with Gasteiger partial charge < -0.3 is 15.2 Å². The van der Waals surface area contributed by atoms with E-state index in [-0.39, 0.29) is 24.5 Å². The van der Waals surface area contributed by atoms with Gasteiger partial charge in [-0.05, 0) is 36.8 Å². The van der Waals surface area contributed by atoms with Crippen LogP contribution < -0.4 is 15.5 Å². The van der Waals surface area contributed by atoms with Crippen molar-refractivity contribution in [2.24, 2.45) is 5.73 Å². The number of nitrogens with zero attached hydrogens (tertiary/aromatic N) is 2. The largest absolute Gasteiger partial charge is 0.487 e. The van der Waals surface area contributed by atoms with Crippen LogP contribution in [0, 0.1) is 0 Å². The first-order chi connectivity index (χ1) is 17.2. The molecule has 1 unspecified atom stereocenters. The first-order valence-corrected chi connectivity index (χ1v) is 12.7. The minimum Gasteiger partial charge on any atom is -0.487 e. The molecule has 1 heterocycles. The topological polar surface area (TPSA) is 85.1 Å². The Balaban J connectivity index is 0.000000275. The molecule has 2 N–H and O–H groups in total. The van der Waals surface area contributed by atoms with Gasteiger partial charge in [-0.2, -0.15) is 0 Å². The number of nitrogens with two attached hydrogens (primary N) is 1. The van der Waals surface area contributed by atoms with E-state index < -0.39 is 6.09 Å². The number of anilines is 1. The monoisotopic (exact) mass is 547 g/mol. The molecule has 0 aliphatic carbocycles. The highest BCUT2D eigenvalue weighted by Crippen LogP contribution is 2.49. The molecule has 36 heavy (non-hydrogen) atoms. The van der Waals surface area contributed by atoms with Crippen LogP contribution in [0.5, 0.6) is 5.75 Å². The standard InChI is InChI=1S/C18H18Cl2N2O2S.C8H9NO2/c1-11(23)21(3)22-12(2)25-17-9-5-8-16(18(17)22)24-10-13-14(19)6-4-7-15(13)20;9-8(10)11-6-7-4-2-1-3-5-7/h4-9,12H,10H2,1-3H3;1-5H,6H2,(H2,9,10). The molecule has 0 bridgehead atoms. The molecule has 0 spiro atoms. The Morgan fingerprint density at radius 2 is 1.64 bits per heavy atom. The van der Waals surface area contributed by atoms with Crippen molar-refractivity contribution in [2.75, 3.05) is 12.1 Å². The predicted molar refractivity (Wildman–Crippen MR) is 144 cm³/mol. The molecule has 190 valence electrons. The van der Waals surface area contributed by atoms with Crippen LogP contribution in [0.2, 0.25) is 10.0 Å². The number of amides is 2. The average molecular weight is 548 g/mol. The van der Waals surface area contributed by atoms with Crippen LogP contribution in [0.25, 0.3) is 0 Å². The molecule has 2 amide bonds. The van der Waals surface area contributed by atoms with Crippen molar-refractivity contribution in [3.8, 4) is 5.75 Å². The van der Waals surface area contributed by atoms with Gasteiger partial charge in [0, 0.05) is 34.5 Å². The lowest BCUT2D eigenvalue weighted by Gasteiger charge is -2.33. The lowest BCUT2D eigenvalue weighted by atomic mass is 10.2. The first-order valence-electron chi connectivity index (χ1n) is 11.0. The van der Waals surface area contributed by atoms with Crippen molar-refractivity contribution in [3.63, 3.8) is 0 Å². The predicted octanol–water partition coefficient (Wildman–Crippen LogP) is 6.51. The second-order valence-electron chi connectivity index (χ2n) is 7.79. The summed E-state index contributed by atoms with van der Waals surface area (Å²) in [6, 6.07) is 20.6. The minimum atomic E-state index is -0.742. The Morgan fingerprint density at radius 1 is 1.00 bits per heavy atom. The maximum absolute atomic E-state index is 11.9. The zero-order valence-electron chi connectivity index (χ0n) is 20.1. The highest BCUT2D eigenvalue weighted by molar-refractivity contribution is 8.00. The molecule has 1 atom stereocenters. The van der Waals surface area contributed by atoms with Crippen molar-refractivity contribution in [1.82, 2.24) is 5.01 Å². The van der Waals surface area contributed by atoms with E-state index >= 15 is 0 Å². The van der Waals surface area contributed by atoms with E-state index in [9.17, 15) is 9.59 Å². The number of hydrogen-bond donors (Lipinski definition) is 1. The molecule has 0 radical (unpaired) electrons. The third-order valence-corrected chi connectivity index (χ3v) is 7.10. The summed E-state index contributed by atoms with van der Waals surface area (Å²) >= 11 is 14.1. The minimum absolute atomic E-state index is 0.0377. The summed E-state index contributed by atoms with van der Waals surface area (Å²) in [5, 5.41) is 4.80. The van der Waals surface area contributed by atoms with Crippen molar-refractivity contribution in [3.05, 3.63) is 87.9 Å². The van der Waals surface area contributed by atoms with Gasteiger partial charge in [-0.3, -0.25) is 14.8 Å². The van der Waals surface area contributed by atoms with Crippen LogP contribution in [0.1, 0.15) is 25.0 Å². The number of primary amides is 1. The Kier molecular flexibility index (Phi) is 9.75. The number of hydrogen-bond acceptors (Lipinski definition) is 6. The molecule has 1 aliphatic heterocycles. The van der Waals surface area contributed by atoms with Crippen molar-refractivity contribution >= 4 is 52.7 Å². The number of halogens is 2. The first kappa shape index (κ1) is 27.5. The number of fused-ring (bicyclic) bond motifs is 1. The van der Waals surface area contributed by atoms with Crippen LogP contribution in [0.4, 0.5) is 10.5 Å². The third-order valence-electron chi connectivity index (χ3n) is 5.27. The van der Waals surface area contributed by atoms with Gasteiger partial charge in [-0.1, -0.05) is 77.4 Å². The number of rotatable bonds is 6. The molecule has 1 aliphatic rings. The van der Waals surface area contributed by atoms with E-state index in [0.29, 0.717) is 15.8 Å². The van der Waals surface area contributed by atoms with Crippen LogP contribution >= 0.6 is 35.0 Å². The van der Waals surface area contributed by atoms with E-state index in [4.69, 9.17) is 33.7 Å². The summed E-state index contributed by atoms with van der Waals surface area (Å²) in [4.78, 5) is 23.1. The van der Waals surface area contributed by atoms with Gasteiger partial charge in [0.2, 0.25) is 5.91 Å². The highest BCUT2D eigenvalue weighted by Gasteiger charge is 2.34. The molecule has 0 saturated heterocycles. The van der Waals surface area contributed by atoms with Crippen LogP contribution in [0.15, 0.2) is 71.6 Å². The number of carbonyl (C=O) groups excluding carboxylic acids is 2. The number of para-hydroxylation sites is 1. The summed E-state index contributed by atoms with van der Waals surface area (Å²) in [6.45, 7) is 4.10. The van der Waals surface area contributed by atoms with Crippen LogP contribution in [-0.2, 0) is 22.7 Å². The van der Waals surface area contributed by atoms with Crippen molar-refractivity contribution in [1.29, 1.82) is 0 Å². The highest BCUT2D eigenvalue weighted by atomic mass is 35.5. The summed E-state index contributed by atoms with van der Waals surface area (Å²) in [6.07, 6.45) is -0.742. The van der Waals surface area contributed by atoms with Crippen molar-refractivity contribution < 1.29 is 19.1 Å². The lowest BCUT2D eigenvalue weighted by Crippen LogP contribution is -2.45. The molecule has 4 rings (SSSR count). The van der Waals surface area contributed by atoms with E-state index in [1.54, 1.807) is 48.9 Å². The summed E-state index contributed by atoms with van der Waals surface area (Å²) < 4.78 is 10.6. The van der Waals surface area contributed by atoms with E-state index in [2.05, 4.69) is 11.7 Å². The molecule has 0 saturated carbocycles. The number of hydrazine groups is 1. The zero-order chi connectivity index (χ0) is 26.2. The molecule has 10 heteroatoms. The smallest absolute Gasteiger partial charge is 0.404 e. The Labute approximate surface area is 225 Å². The fourth-order valence-corrected chi connectivity index (χ4v) is 5.13. The van der Waals surface area contributed by atoms with E-state index in [1.807, 2.05) is 53.5 Å². The van der Waals surface area contributed by atoms with Gasteiger partial charge in [0.05, 0.1) is 5.37 Å². The van der Waals surface area contributed by atoms with Gasteiger partial charge in [-0.15, -0.1) is 0 Å². The lowest BCUT2D eigenvalue weighted by molar-refractivity contribution is -0.128. The van der Waals surface area contributed by atoms with Gasteiger partial charge >= 0.3 is 6.09 Å². The summed E-state index contributed by atoms with van der Waals surface area (Å²) in [5.74, 6) is 0.655. The van der Waals surface area contributed by atoms with E-state index in [0.717, 1.165) is 21.7 Å². The summed E-state index contributed by atoms with van der Waals surface area (Å²) in [7, 11) is 1.76. The number of thioether (sulfide) groups is 1. The molecule has 0 fully saturated rings. The third kappa shape index (κ3) is 7.00. The fourth-order valence-electron chi connectivity index (χ4n) is 3.45. The van der Waals surface area contributed by atoms with Crippen molar-refractivity contribution in [2.45, 2.75) is 37.3 Å². The maximum Gasteiger partial charge on any atom is 0.404 e. The van der Waals surface area contributed by atoms with Crippen LogP contribution in [0.3, 0.4) is 0 Å². The van der Waals surface area contributed by atoms with Crippen LogP contribution in [-0.4, -0.2) is 29.4 Å². The number of carbonyl (C=O) groups is 2. The second kappa shape index (κ2) is 12.8. The Morgan fingerprint density at radius 3 is 2.25 bits per heavy atom. The Bertz CT molecular complexity index is 1190. The second-order valence-corrected chi connectivity index (χ2v) is 9.96. The van der Waals surface area contributed by atoms with Gasteiger partial charge in [0.1, 0.15) is 24.7 Å². The summed E-state index contributed by atoms with van der Waals surface area (Å²) in [5.41, 5.74) is 7.35. The zero-order valence-corrected chi connectivity index (χ0v) is 22.4. The Hall–Kier alpha value is -3.07. The molecular formula is C26H27Cl2N3O4S. The molecule has 0 aromatic heterocycles. The average Bonchev–Trinajstić information content (AvgIpc) is 3.19. The van der Waals surface area contributed by atoms with Gasteiger partial charge in [-0.25, -0.2) is 4.79 Å². The molecule has 7 nitrogen and oxygen atoms in total. The fraction of sp³-hybridized carbons (Fsp3) is 0.231. The van der Waals surface area contributed by atoms with E-state index in [1.165, 1.54) is 0 Å². The number of benzene rings is 3. The van der Waals surface area contributed by atoms with Gasteiger partial charge in [0.25, 0.3) is 0 Å². The number of ether oxygens (including phenoxy) is 2. The quantitative estimate of drug-likeness (QED) is 0.378. The van der Waals surface area contributed by atoms with Gasteiger partial charge in [0.15, 0.2) is 0 Å². The molecular weight excluding hydrogens is 521 g/mol. The SMILES string of the molecule is CC(=O)N(C)N1c2c(OCc3c(Cl)cccc3Cl)cccc2SC1C.NC(=O)OCc1ccccc1.